The lowest BCUT2D eigenvalue weighted by Crippen LogP contribution is -1.99. The highest BCUT2D eigenvalue weighted by atomic mass is 16.4. The lowest BCUT2D eigenvalue weighted by atomic mass is 9.96. The molecule has 1 aromatic carbocycles. The molecule has 0 atom stereocenters. The first kappa shape index (κ1) is 13.1. The molecule has 0 spiro atoms. The average molecular weight is 260 g/mol. The summed E-state index contributed by atoms with van der Waals surface area (Å²) in [5.74, 6) is -1.26. The summed E-state index contributed by atoms with van der Waals surface area (Å²) in [6.07, 6.45) is 0. The van der Waals surface area contributed by atoms with E-state index in [0.29, 0.717) is 5.69 Å². The van der Waals surface area contributed by atoms with Crippen LogP contribution in [-0.4, -0.2) is 23.1 Å². The number of hydrogen-bond acceptors (Lipinski definition) is 4. The number of benzene rings is 1. The predicted molar refractivity (Wildman–Crippen MR) is 72.7 cm³/mol. The molecule has 0 bridgehead atoms. The van der Waals surface area contributed by atoms with Crippen molar-refractivity contribution in [3.8, 4) is 11.3 Å². The number of aromatic carboxylic acids is 1. The molecule has 2 rings (SSSR count). The van der Waals surface area contributed by atoms with Gasteiger partial charge in [0.2, 0.25) is 5.76 Å². The van der Waals surface area contributed by atoms with Crippen LogP contribution in [0.5, 0.6) is 0 Å². The van der Waals surface area contributed by atoms with Gasteiger partial charge in [-0.25, -0.2) is 4.79 Å². The van der Waals surface area contributed by atoms with Crippen LogP contribution in [0.15, 0.2) is 16.5 Å². The molecule has 0 unspecified atom stereocenters. The molecule has 0 aliphatic carbocycles. The van der Waals surface area contributed by atoms with E-state index in [4.69, 9.17) is 4.42 Å². The quantitative estimate of drug-likeness (QED) is 0.887. The molecule has 2 aromatic rings. The molecule has 0 saturated heterocycles. The zero-order valence-electron chi connectivity index (χ0n) is 11.4. The summed E-state index contributed by atoms with van der Waals surface area (Å²) in [6, 6.07) is 4.20. The normalized spacial score (nSPS) is 10.5. The highest BCUT2D eigenvalue weighted by molar-refractivity contribution is 5.93. The van der Waals surface area contributed by atoms with Crippen molar-refractivity contribution in [3.63, 3.8) is 0 Å². The van der Waals surface area contributed by atoms with Crippen LogP contribution in [0.25, 0.3) is 11.3 Å². The topological polar surface area (TPSA) is 75.4 Å². The lowest BCUT2D eigenvalue weighted by Gasteiger charge is -2.09. The molecule has 0 aliphatic heterocycles. The smallest absolute Gasteiger partial charge is 0.374 e. The van der Waals surface area contributed by atoms with Gasteiger partial charge in [-0.1, -0.05) is 17.7 Å². The Morgan fingerprint density at radius 3 is 2.32 bits per heavy atom. The summed E-state index contributed by atoms with van der Waals surface area (Å²) in [7, 11) is 1.64. The highest BCUT2D eigenvalue weighted by Crippen LogP contribution is 2.32. The predicted octanol–water partition coefficient (Wildman–Crippen LogP) is 3.01. The minimum atomic E-state index is -1.12. The molecule has 2 N–H and O–H groups in total. The number of nitrogens with zero attached hydrogens (tertiary/aromatic N) is 1. The van der Waals surface area contributed by atoms with Crippen molar-refractivity contribution in [1.29, 1.82) is 0 Å². The standard InChI is InChI=1S/C14H16N2O3/c1-7-5-8(2)10(9(3)6-7)11-12(13(17)18)19-14(15-4)16-11/h5-6H,1-4H3,(H,15,16)(H,17,18). The molecule has 0 saturated carbocycles. The Labute approximate surface area is 111 Å². The van der Waals surface area contributed by atoms with Crippen LogP contribution in [0, 0.1) is 20.8 Å². The number of anilines is 1. The number of oxazole rings is 1. The first-order valence-electron chi connectivity index (χ1n) is 5.94. The number of carboxylic acid groups (broad SMARTS) is 1. The lowest BCUT2D eigenvalue weighted by molar-refractivity contribution is 0.0665. The van der Waals surface area contributed by atoms with Gasteiger partial charge >= 0.3 is 5.97 Å². The minimum absolute atomic E-state index is 0.139. The van der Waals surface area contributed by atoms with Crippen LogP contribution in [0.4, 0.5) is 6.01 Å². The number of carbonyl (C=O) groups is 1. The Balaban J connectivity index is 2.71. The molecule has 0 amide bonds. The van der Waals surface area contributed by atoms with Gasteiger partial charge in [0.25, 0.3) is 6.01 Å². The van der Waals surface area contributed by atoms with Crippen molar-refractivity contribution in [3.05, 3.63) is 34.6 Å². The fourth-order valence-electron chi connectivity index (χ4n) is 2.30. The summed E-state index contributed by atoms with van der Waals surface area (Å²) < 4.78 is 5.20. The third-order valence-corrected chi connectivity index (χ3v) is 2.95. The van der Waals surface area contributed by atoms with E-state index in [2.05, 4.69) is 10.3 Å². The van der Waals surface area contributed by atoms with Gasteiger partial charge in [0.05, 0.1) is 0 Å². The van der Waals surface area contributed by atoms with Crippen LogP contribution >= 0.6 is 0 Å². The maximum atomic E-state index is 11.3. The number of aromatic nitrogens is 1. The van der Waals surface area contributed by atoms with Gasteiger partial charge in [0.15, 0.2) is 0 Å². The van der Waals surface area contributed by atoms with Gasteiger partial charge in [-0.05, 0) is 31.9 Å². The van der Waals surface area contributed by atoms with Crippen LogP contribution in [0.1, 0.15) is 27.2 Å². The van der Waals surface area contributed by atoms with E-state index in [0.717, 1.165) is 22.3 Å². The van der Waals surface area contributed by atoms with Crippen molar-refractivity contribution in [2.75, 3.05) is 12.4 Å². The Morgan fingerprint density at radius 1 is 1.26 bits per heavy atom. The number of hydrogen-bond donors (Lipinski definition) is 2. The zero-order valence-corrected chi connectivity index (χ0v) is 11.4. The third-order valence-electron chi connectivity index (χ3n) is 2.95. The second-order valence-electron chi connectivity index (χ2n) is 4.53. The summed E-state index contributed by atoms with van der Waals surface area (Å²) >= 11 is 0. The van der Waals surface area contributed by atoms with Crippen molar-refractivity contribution in [1.82, 2.24) is 4.98 Å². The number of nitrogens with one attached hydrogen (secondary N) is 1. The first-order valence-corrected chi connectivity index (χ1v) is 5.94. The Kier molecular flexibility index (Phi) is 3.29. The molecule has 0 radical (unpaired) electrons. The largest absolute Gasteiger partial charge is 0.475 e. The molecule has 0 aliphatic rings. The van der Waals surface area contributed by atoms with E-state index in [9.17, 15) is 9.90 Å². The van der Waals surface area contributed by atoms with E-state index in [1.165, 1.54) is 0 Å². The first-order chi connectivity index (χ1) is 8.93. The van der Waals surface area contributed by atoms with E-state index in [1.807, 2.05) is 32.9 Å². The van der Waals surface area contributed by atoms with Gasteiger partial charge in [-0.3, -0.25) is 0 Å². The monoisotopic (exact) mass is 260 g/mol. The summed E-state index contributed by atoms with van der Waals surface area (Å²) in [5, 5.41) is 11.9. The van der Waals surface area contributed by atoms with Crippen molar-refractivity contribution in [2.45, 2.75) is 20.8 Å². The van der Waals surface area contributed by atoms with Crippen molar-refractivity contribution < 1.29 is 14.3 Å². The Bertz CT molecular complexity index is 621. The summed E-state index contributed by atoms with van der Waals surface area (Å²) in [6.45, 7) is 5.88. The summed E-state index contributed by atoms with van der Waals surface area (Å²) in [4.78, 5) is 15.5. The maximum Gasteiger partial charge on any atom is 0.374 e. The maximum absolute atomic E-state index is 11.3. The number of aryl methyl sites for hydroxylation is 3. The molecule has 100 valence electrons. The molecule has 5 nitrogen and oxygen atoms in total. The Morgan fingerprint density at radius 2 is 1.84 bits per heavy atom. The molecule has 1 heterocycles. The van der Waals surface area contributed by atoms with Gasteiger partial charge in [0.1, 0.15) is 5.69 Å². The van der Waals surface area contributed by atoms with Gasteiger partial charge in [0, 0.05) is 12.6 Å². The average Bonchev–Trinajstić information content (AvgIpc) is 2.71. The number of rotatable bonds is 3. The molecule has 0 fully saturated rings. The fourth-order valence-corrected chi connectivity index (χ4v) is 2.30. The zero-order chi connectivity index (χ0) is 14.2. The van der Waals surface area contributed by atoms with Crippen LogP contribution < -0.4 is 5.32 Å². The van der Waals surface area contributed by atoms with Gasteiger partial charge in [-0.2, -0.15) is 4.98 Å². The van der Waals surface area contributed by atoms with E-state index < -0.39 is 5.97 Å². The molecular formula is C14H16N2O3. The van der Waals surface area contributed by atoms with E-state index in [1.54, 1.807) is 7.05 Å². The third kappa shape index (κ3) is 2.31. The molecular weight excluding hydrogens is 244 g/mol. The second-order valence-corrected chi connectivity index (χ2v) is 4.53. The Hall–Kier alpha value is -2.30. The molecule has 5 heteroatoms. The summed E-state index contributed by atoms with van der Waals surface area (Å²) in [5.41, 5.74) is 4.28. The highest BCUT2D eigenvalue weighted by Gasteiger charge is 2.23. The molecule has 1 aromatic heterocycles. The number of carboxylic acids is 1. The van der Waals surface area contributed by atoms with E-state index >= 15 is 0 Å². The van der Waals surface area contributed by atoms with Crippen molar-refractivity contribution in [2.24, 2.45) is 0 Å². The van der Waals surface area contributed by atoms with E-state index in [-0.39, 0.29) is 11.8 Å². The van der Waals surface area contributed by atoms with Crippen LogP contribution in [-0.2, 0) is 0 Å². The van der Waals surface area contributed by atoms with Gasteiger partial charge in [-0.15, -0.1) is 0 Å². The molecule has 19 heavy (non-hydrogen) atoms. The van der Waals surface area contributed by atoms with Gasteiger partial charge < -0.3 is 14.8 Å². The minimum Gasteiger partial charge on any atom is -0.475 e. The van der Waals surface area contributed by atoms with Crippen LogP contribution in [0.2, 0.25) is 0 Å². The fraction of sp³-hybridized carbons (Fsp3) is 0.286. The van der Waals surface area contributed by atoms with Crippen LogP contribution in [0.3, 0.4) is 0 Å². The van der Waals surface area contributed by atoms with Crippen molar-refractivity contribution >= 4 is 12.0 Å². The second kappa shape index (κ2) is 4.76. The SMILES string of the molecule is CNc1nc(-c2c(C)cc(C)cc2C)c(C(=O)O)o1.